The number of aromatic hydroxyl groups is 1. The van der Waals surface area contributed by atoms with Gasteiger partial charge in [0.25, 0.3) is 0 Å². The number of aliphatic hydroxyl groups is 1. The molecule has 0 saturated carbocycles. The summed E-state index contributed by atoms with van der Waals surface area (Å²) in [7, 11) is 0. The standard InChI is InChI=1S/C10H15NO2/c11-6-5-9(7-12)8-1-3-10(13)4-2-8/h1-4,9,12-13H,5-7,11H2. The molecule has 3 nitrogen and oxygen atoms in total. The van der Waals surface area contributed by atoms with Crippen LogP contribution in [0.15, 0.2) is 24.3 Å². The Bertz CT molecular complexity index is 246. The Morgan fingerprint density at radius 3 is 2.31 bits per heavy atom. The van der Waals surface area contributed by atoms with Crippen LogP contribution in [0, 0.1) is 0 Å². The summed E-state index contributed by atoms with van der Waals surface area (Å²) in [5, 5.41) is 18.1. The smallest absolute Gasteiger partial charge is 0.115 e. The minimum atomic E-state index is 0.0885. The van der Waals surface area contributed by atoms with Crippen molar-refractivity contribution in [2.75, 3.05) is 13.2 Å². The van der Waals surface area contributed by atoms with Gasteiger partial charge in [-0.3, -0.25) is 0 Å². The molecule has 0 bridgehead atoms. The van der Waals surface area contributed by atoms with Crippen molar-refractivity contribution in [1.29, 1.82) is 0 Å². The first-order valence-corrected chi connectivity index (χ1v) is 4.37. The first-order chi connectivity index (χ1) is 6.27. The van der Waals surface area contributed by atoms with E-state index in [0.29, 0.717) is 6.54 Å². The van der Waals surface area contributed by atoms with E-state index in [4.69, 9.17) is 15.9 Å². The number of nitrogens with two attached hydrogens (primary N) is 1. The van der Waals surface area contributed by atoms with E-state index in [1.165, 1.54) is 0 Å². The minimum absolute atomic E-state index is 0.0885. The lowest BCUT2D eigenvalue weighted by Gasteiger charge is -2.12. The van der Waals surface area contributed by atoms with Crippen molar-refractivity contribution in [3.8, 4) is 5.75 Å². The van der Waals surface area contributed by atoms with E-state index < -0.39 is 0 Å². The number of phenolic OH excluding ortho intramolecular Hbond substituents is 1. The molecular weight excluding hydrogens is 166 g/mol. The fourth-order valence-electron chi connectivity index (χ4n) is 1.31. The van der Waals surface area contributed by atoms with Gasteiger partial charge in [0.15, 0.2) is 0 Å². The largest absolute Gasteiger partial charge is 0.508 e. The summed E-state index contributed by atoms with van der Waals surface area (Å²) in [5.41, 5.74) is 6.43. The van der Waals surface area contributed by atoms with Gasteiger partial charge in [0.1, 0.15) is 5.75 Å². The fourth-order valence-corrected chi connectivity index (χ4v) is 1.31. The molecule has 1 rings (SSSR count). The molecule has 0 aliphatic heterocycles. The van der Waals surface area contributed by atoms with Crippen molar-refractivity contribution in [3.63, 3.8) is 0 Å². The van der Waals surface area contributed by atoms with Crippen molar-refractivity contribution < 1.29 is 10.2 Å². The van der Waals surface area contributed by atoms with Gasteiger partial charge < -0.3 is 15.9 Å². The quantitative estimate of drug-likeness (QED) is 0.644. The second-order valence-electron chi connectivity index (χ2n) is 3.05. The molecule has 0 aliphatic rings. The first kappa shape index (κ1) is 10.0. The van der Waals surface area contributed by atoms with Crippen molar-refractivity contribution in [2.24, 2.45) is 5.73 Å². The van der Waals surface area contributed by atoms with Crippen LogP contribution in [0.4, 0.5) is 0 Å². The minimum Gasteiger partial charge on any atom is -0.508 e. The molecule has 0 spiro atoms. The van der Waals surface area contributed by atoms with E-state index in [-0.39, 0.29) is 18.3 Å². The summed E-state index contributed by atoms with van der Waals surface area (Å²) in [6.07, 6.45) is 0.765. The topological polar surface area (TPSA) is 66.5 Å². The maximum absolute atomic E-state index is 9.06. The zero-order valence-corrected chi connectivity index (χ0v) is 7.48. The van der Waals surface area contributed by atoms with E-state index in [2.05, 4.69) is 0 Å². The van der Waals surface area contributed by atoms with E-state index in [1.807, 2.05) is 12.1 Å². The van der Waals surface area contributed by atoms with Crippen LogP contribution in [0.2, 0.25) is 0 Å². The molecule has 0 aromatic heterocycles. The Morgan fingerprint density at radius 1 is 1.23 bits per heavy atom. The summed E-state index contributed by atoms with van der Waals surface area (Å²) < 4.78 is 0. The highest BCUT2D eigenvalue weighted by molar-refractivity contribution is 5.28. The molecule has 3 heteroatoms. The van der Waals surface area contributed by atoms with Gasteiger partial charge in [0, 0.05) is 12.5 Å². The van der Waals surface area contributed by atoms with Gasteiger partial charge in [0.2, 0.25) is 0 Å². The van der Waals surface area contributed by atoms with Gasteiger partial charge in [-0.25, -0.2) is 0 Å². The summed E-state index contributed by atoms with van der Waals surface area (Å²) >= 11 is 0. The maximum Gasteiger partial charge on any atom is 0.115 e. The monoisotopic (exact) mass is 181 g/mol. The van der Waals surface area contributed by atoms with Crippen molar-refractivity contribution in [3.05, 3.63) is 29.8 Å². The zero-order valence-electron chi connectivity index (χ0n) is 7.48. The van der Waals surface area contributed by atoms with Crippen molar-refractivity contribution in [1.82, 2.24) is 0 Å². The molecule has 13 heavy (non-hydrogen) atoms. The van der Waals surface area contributed by atoms with Gasteiger partial charge in [-0.1, -0.05) is 12.1 Å². The molecule has 0 radical (unpaired) electrons. The molecule has 4 N–H and O–H groups in total. The molecule has 0 aliphatic carbocycles. The van der Waals surface area contributed by atoms with Gasteiger partial charge in [0.05, 0.1) is 0 Å². The number of phenols is 1. The molecule has 0 heterocycles. The molecule has 1 unspecified atom stereocenters. The fraction of sp³-hybridized carbons (Fsp3) is 0.400. The third-order valence-corrected chi connectivity index (χ3v) is 2.10. The predicted molar refractivity (Wildman–Crippen MR) is 51.6 cm³/mol. The van der Waals surface area contributed by atoms with E-state index >= 15 is 0 Å². The van der Waals surface area contributed by atoms with E-state index in [0.717, 1.165) is 12.0 Å². The second kappa shape index (κ2) is 4.84. The highest BCUT2D eigenvalue weighted by Gasteiger charge is 2.08. The Hall–Kier alpha value is -1.06. The maximum atomic E-state index is 9.06. The Labute approximate surface area is 77.8 Å². The molecule has 0 fully saturated rings. The molecule has 1 aromatic carbocycles. The molecule has 0 amide bonds. The highest BCUT2D eigenvalue weighted by atomic mass is 16.3. The summed E-state index contributed by atoms with van der Waals surface area (Å²) in [5.74, 6) is 0.332. The van der Waals surface area contributed by atoms with Crippen LogP contribution in [-0.4, -0.2) is 23.4 Å². The number of hydrogen-bond donors (Lipinski definition) is 3. The number of hydrogen-bond acceptors (Lipinski definition) is 3. The zero-order chi connectivity index (χ0) is 9.68. The Balaban J connectivity index is 2.73. The van der Waals surface area contributed by atoms with Gasteiger partial charge in [-0.05, 0) is 30.7 Å². The van der Waals surface area contributed by atoms with Crippen LogP contribution in [-0.2, 0) is 0 Å². The summed E-state index contributed by atoms with van der Waals surface area (Å²) in [6.45, 7) is 0.661. The van der Waals surface area contributed by atoms with Gasteiger partial charge in [-0.15, -0.1) is 0 Å². The van der Waals surface area contributed by atoms with Crippen molar-refractivity contribution >= 4 is 0 Å². The highest BCUT2D eigenvalue weighted by Crippen LogP contribution is 2.20. The lowest BCUT2D eigenvalue weighted by molar-refractivity contribution is 0.260. The van der Waals surface area contributed by atoms with Gasteiger partial charge in [-0.2, -0.15) is 0 Å². The molecule has 1 atom stereocenters. The number of rotatable bonds is 4. The van der Waals surface area contributed by atoms with E-state index in [1.54, 1.807) is 12.1 Å². The molecule has 1 aromatic rings. The predicted octanol–water partition coefficient (Wildman–Crippen LogP) is 0.817. The van der Waals surface area contributed by atoms with Gasteiger partial charge >= 0.3 is 0 Å². The Morgan fingerprint density at radius 2 is 1.85 bits per heavy atom. The second-order valence-corrected chi connectivity index (χ2v) is 3.05. The lowest BCUT2D eigenvalue weighted by Crippen LogP contribution is -2.10. The SMILES string of the molecule is NCCC(CO)c1ccc(O)cc1. The van der Waals surface area contributed by atoms with Crippen LogP contribution in [0.5, 0.6) is 5.75 Å². The first-order valence-electron chi connectivity index (χ1n) is 4.37. The van der Waals surface area contributed by atoms with Crippen LogP contribution in [0.3, 0.4) is 0 Å². The lowest BCUT2D eigenvalue weighted by atomic mass is 9.97. The van der Waals surface area contributed by atoms with E-state index in [9.17, 15) is 0 Å². The number of benzene rings is 1. The normalized spacial score (nSPS) is 12.8. The third kappa shape index (κ3) is 2.72. The van der Waals surface area contributed by atoms with Crippen LogP contribution < -0.4 is 5.73 Å². The molecule has 0 saturated heterocycles. The summed E-state index contributed by atoms with van der Waals surface area (Å²) in [4.78, 5) is 0. The average Bonchev–Trinajstić information content (AvgIpc) is 2.16. The van der Waals surface area contributed by atoms with Crippen molar-refractivity contribution in [2.45, 2.75) is 12.3 Å². The average molecular weight is 181 g/mol. The molecule has 72 valence electrons. The Kier molecular flexibility index (Phi) is 3.73. The molecular formula is C10H15NO2. The number of aliphatic hydroxyl groups excluding tert-OH is 1. The summed E-state index contributed by atoms with van der Waals surface area (Å²) in [6, 6.07) is 6.86. The van der Waals surface area contributed by atoms with Crippen LogP contribution in [0.1, 0.15) is 17.9 Å². The third-order valence-electron chi connectivity index (χ3n) is 2.10. The van der Waals surface area contributed by atoms with Crippen LogP contribution in [0.25, 0.3) is 0 Å². The van der Waals surface area contributed by atoms with Crippen LogP contribution >= 0.6 is 0 Å².